The van der Waals surface area contributed by atoms with E-state index < -0.39 is 30.4 Å². The van der Waals surface area contributed by atoms with Gasteiger partial charge in [-0.15, -0.1) is 0 Å². The summed E-state index contributed by atoms with van der Waals surface area (Å²) in [6, 6.07) is 0. The zero-order chi connectivity index (χ0) is 36.7. The van der Waals surface area contributed by atoms with Crippen LogP contribution < -0.4 is 0 Å². The van der Waals surface area contributed by atoms with Crippen LogP contribution in [0.2, 0.25) is 0 Å². The fraction of sp³-hybridized carbons (Fsp3) is 0.968. The molecule has 0 radical (unpaired) electrons. The Hall–Kier alpha value is -0.960. The highest BCUT2D eigenvalue weighted by Gasteiger charge is 2.61. The minimum Gasteiger partial charge on any atom is -0.456 e. The second kappa shape index (κ2) is 18.2. The van der Waals surface area contributed by atoms with E-state index in [0.717, 1.165) is 25.7 Å². The van der Waals surface area contributed by atoms with Gasteiger partial charge in [0, 0.05) is 12.3 Å². The van der Waals surface area contributed by atoms with Crippen LogP contribution in [0.5, 0.6) is 0 Å². The van der Waals surface area contributed by atoms with E-state index in [4.69, 9.17) is 32.1 Å². The summed E-state index contributed by atoms with van der Waals surface area (Å²) in [7, 11) is -9.43. The lowest BCUT2D eigenvalue weighted by molar-refractivity contribution is -0.145. The molecule has 0 N–H and O–H groups in total. The summed E-state index contributed by atoms with van der Waals surface area (Å²) in [6.07, 6.45) is 4.28. The fourth-order valence-corrected chi connectivity index (χ4v) is 12.1. The zero-order valence-electron chi connectivity index (χ0n) is 29.8. The monoisotopic (exact) mass is 764 g/mol. The zero-order valence-corrected chi connectivity index (χ0v) is 32.3. The highest BCUT2D eigenvalue weighted by molar-refractivity contribution is 7.88. The third kappa shape index (κ3) is 9.53. The smallest absolute Gasteiger partial charge is 0.309 e. The first kappa shape index (κ1) is 42.5. The SMILES string of the molecule is CC.CC.CC.CC.O=C1CC2OC3OCOC3C2O1.O=S1(=O)CCCO1.O=S1(=O)OC2CC3CC1C2O3.O=S1(=O)OC2CC3CC2C1C3. The third-order valence-electron chi connectivity index (χ3n) is 9.22. The molecule has 49 heavy (non-hydrogen) atoms. The molecule has 12 atom stereocenters. The number of carbonyl (C=O) groups is 1. The van der Waals surface area contributed by atoms with E-state index in [1.807, 2.05) is 55.4 Å². The van der Waals surface area contributed by atoms with Gasteiger partial charge >= 0.3 is 5.97 Å². The lowest BCUT2D eigenvalue weighted by atomic mass is 9.98. The quantitative estimate of drug-likeness (QED) is 0.257. The van der Waals surface area contributed by atoms with E-state index in [0.29, 0.717) is 37.7 Å². The van der Waals surface area contributed by atoms with Gasteiger partial charge in [-0.1, -0.05) is 55.4 Å². The molecule has 10 fully saturated rings. The number of carbonyl (C=O) groups excluding carboxylic acids is 1. The molecule has 0 aromatic carbocycles. The van der Waals surface area contributed by atoms with Gasteiger partial charge in [0.1, 0.15) is 23.6 Å². The Morgan fingerprint density at radius 3 is 1.78 bits per heavy atom. The molecular weight excluding hydrogens is 709 g/mol. The Kier molecular flexibility index (Phi) is 15.8. The summed E-state index contributed by atoms with van der Waals surface area (Å²) in [5, 5.41) is -0.488. The van der Waals surface area contributed by atoms with Gasteiger partial charge in [-0.2, -0.15) is 25.3 Å². The molecule has 0 aromatic heterocycles. The first-order valence-electron chi connectivity index (χ1n) is 17.8. The first-order valence-corrected chi connectivity index (χ1v) is 22.4. The predicted molar refractivity (Wildman–Crippen MR) is 178 cm³/mol. The highest BCUT2D eigenvalue weighted by atomic mass is 32.2. The van der Waals surface area contributed by atoms with Crippen molar-refractivity contribution in [1.82, 2.24) is 0 Å². The highest BCUT2D eigenvalue weighted by Crippen LogP contribution is 2.54. The van der Waals surface area contributed by atoms with Crippen molar-refractivity contribution in [2.75, 3.05) is 19.2 Å². The Bertz CT molecular complexity index is 1310. The Balaban J connectivity index is 0.000000168. The second-order valence-electron chi connectivity index (χ2n) is 11.8. The van der Waals surface area contributed by atoms with Crippen molar-refractivity contribution in [3.05, 3.63) is 0 Å². The van der Waals surface area contributed by atoms with Gasteiger partial charge < -0.3 is 23.7 Å². The van der Waals surface area contributed by atoms with Gasteiger partial charge in [0.25, 0.3) is 30.4 Å². The van der Waals surface area contributed by atoms with E-state index >= 15 is 0 Å². The number of hydrogen-bond acceptors (Lipinski definition) is 15. The summed E-state index contributed by atoms with van der Waals surface area (Å²) < 4.78 is 106. The Morgan fingerprint density at radius 2 is 1.29 bits per heavy atom. The lowest BCUT2D eigenvalue weighted by Crippen LogP contribution is -2.30. The molecule has 0 aromatic rings. The molecule has 8 saturated heterocycles. The summed E-state index contributed by atoms with van der Waals surface area (Å²) >= 11 is 0. The predicted octanol–water partition coefficient (Wildman–Crippen LogP) is 3.40. The van der Waals surface area contributed by atoms with E-state index in [2.05, 4.69) is 4.18 Å². The minimum atomic E-state index is -3.26. The van der Waals surface area contributed by atoms with Gasteiger partial charge in [-0.05, 0) is 38.0 Å². The topological polar surface area (TPSA) is 193 Å². The minimum absolute atomic E-state index is 0.0590. The van der Waals surface area contributed by atoms with Crippen molar-refractivity contribution in [1.29, 1.82) is 0 Å². The molecule has 15 nitrogen and oxygen atoms in total. The maximum atomic E-state index is 11.3. The largest absolute Gasteiger partial charge is 0.456 e. The van der Waals surface area contributed by atoms with E-state index in [1.54, 1.807) is 0 Å². The van der Waals surface area contributed by atoms with Crippen molar-refractivity contribution in [2.24, 2.45) is 11.8 Å². The molecule has 0 spiro atoms. The van der Waals surface area contributed by atoms with E-state index in [-0.39, 0.29) is 78.0 Å². The second-order valence-corrected chi connectivity index (χ2v) is 17.1. The molecule has 0 amide bonds. The lowest BCUT2D eigenvalue weighted by Gasteiger charge is -2.11. The van der Waals surface area contributed by atoms with Crippen LogP contribution in [0.1, 0.15) is 100 Å². The summed E-state index contributed by atoms with van der Waals surface area (Å²) in [6.45, 7) is 16.6. The van der Waals surface area contributed by atoms with Crippen LogP contribution in [0.25, 0.3) is 0 Å². The van der Waals surface area contributed by atoms with Crippen LogP contribution in [0.4, 0.5) is 0 Å². The van der Waals surface area contributed by atoms with E-state index in [9.17, 15) is 30.0 Å². The summed E-state index contributed by atoms with van der Waals surface area (Å²) in [5.74, 6) is 0.990. The molecule has 18 heteroatoms. The van der Waals surface area contributed by atoms with Crippen LogP contribution in [-0.2, 0) is 71.4 Å². The molecule has 12 unspecified atom stereocenters. The standard InChI is InChI=1S/C7H8O5.C7H10O3S.C6H8O4S.C3H6O3S.4C2H6/c8-4-1-3-5(12-4)6-7(11-3)10-2-9-6;8-11(9)7-3-4-1-5(7)6(2-4)10-11;7-11(8)5-2-3-1-4(10-11)6(5)9-3;4-7(5)3-1-2-6-7;4*1-2/h3,5-7H,1-2H2;4-7H,1-3H2;3-6H,1-2H2;1-3H2;4*1-2H3. The average molecular weight is 765 g/mol. The van der Waals surface area contributed by atoms with Crippen molar-refractivity contribution in [2.45, 2.75) is 160 Å². The first-order chi connectivity index (χ1) is 23.4. The van der Waals surface area contributed by atoms with Crippen LogP contribution in [0, 0.1) is 11.8 Å². The molecule has 10 aliphatic rings. The molecule has 4 bridgehead atoms. The van der Waals surface area contributed by atoms with Gasteiger partial charge in [0.15, 0.2) is 25.3 Å². The van der Waals surface area contributed by atoms with Crippen LogP contribution in [0.15, 0.2) is 0 Å². The van der Waals surface area contributed by atoms with Crippen molar-refractivity contribution >= 4 is 36.3 Å². The number of esters is 1. The number of fused-ring (bicyclic) bond motifs is 5. The van der Waals surface area contributed by atoms with Crippen molar-refractivity contribution < 1.29 is 66.3 Å². The van der Waals surface area contributed by atoms with Crippen molar-refractivity contribution in [3.8, 4) is 0 Å². The normalized spacial score (nSPS) is 42.5. The molecule has 2 saturated carbocycles. The maximum absolute atomic E-state index is 11.3. The third-order valence-corrected chi connectivity index (χ3v) is 14.1. The number of rotatable bonds is 0. The number of hydrogen-bond donors (Lipinski definition) is 0. The van der Waals surface area contributed by atoms with Gasteiger partial charge in [-0.25, -0.2) is 0 Å². The van der Waals surface area contributed by atoms with Gasteiger partial charge in [-0.3, -0.25) is 17.3 Å². The van der Waals surface area contributed by atoms with Crippen LogP contribution >= 0.6 is 0 Å². The molecule has 288 valence electrons. The Labute approximate surface area is 292 Å². The van der Waals surface area contributed by atoms with Crippen LogP contribution in [0.3, 0.4) is 0 Å². The summed E-state index contributed by atoms with van der Waals surface area (Å²) in [4.78, 5) is 10.8. The molecule has 8 heterocycles. The molecule has 10 rings (SSSR count). The summed E-state index contributed by atoms with van der Waals surface area (Å²) in [5.41, 5.74) is 0. The molecular formula is C31H56O15S3. The Morgan fingerprint density at radius 1 is 0.633 bits per heavy atom. The van der Waals surface area contributed by atoms with Gasteiger partial charge in [0.2, 0.25) is 0 Å². The number of ether oxygens (including phenoxy) is 5. The van der Waals surface area contributed by atoms with E-state index in [1.165, 1.54) is 0 Å². The molecule has 8 aliphatic heterocycles. The van der Waals surface area contributed by atoms with Crippen LogP contribution in [-0.4, -0.2) is 110 Å². The average Bonchev–Trinajstić information content (AvgIpc) is 3.93. The van der Waals surface area contributed by atoms with Gasteiger partial charge in [0.05, 0.1) is 36.2 Å². The van der Waals surface area contributed by atoms with Crippen molar-refractivity contribution in [3.63, 3.8) is 0 Å². The molecule has 2 aliphatic carbocycles. The maximum Gasteiger partial charge on any atom is 0.309 e. The fourth-order valence-electron chi connectivity index (χ4n) is 7.50.